The van der Waals surface area contributed by atoms with Gasteiger partial charge in [0.15, 0.2) is 0 Å². The molecule has 0 aliphatic carbocycles. The van der Waals surface area contributed by atoms with Crippen LogP contribution in [0.15, 0.2) is 12.2 Å². The molecule has 0 saturated carbocycles. The quantitative estimate of drug-likeness (QED) is 0.165. The summed E-state index contributed by atoms with van der Waals surface area (Å²) in [4.78, 5) is 11.6. The Morgan fingerprint density at radius 3 is 1.85 bits per heavy atom. The third kappa shape index (κ3) is 21.3. The monoisotopic (exact) mass is 382 g/mol. The van der Waals surface area contributed by atoms with Crippen LogP contribution in [-0.4, -0.2) is 22.8 Å². The molecule has 3 heteroatoms. The van der Waals surface area contributed by atoms with Crippen LogP contribution in [0.5, 0.6) is 0 Å². The average molecular weight is 383 g/mol. The van der Waals surface area contributed by atoms with Gasteiger partial charge >= 0.3 is 5.97 Å². The Hall–Kier alpha value is -0.830. The van der Waals surface area contributed by atoms with E-state index in [9.17, 15) is 9.90 Å². The highest BCUT2D eigenvalue weighted by molar-refractivity contribution is 5.70. The Morgan fingerprint density at radius 2 is 1.33 bits per heavy atom. The number of carbonyl (C=O) groups is 1. The molecule has 3 nitrogen and oxygen atoms in total. The van der Waals surface area contributed by atoms with Gasteiger partial charge in [-0.25, -0.2) is 0 Å². The largest absolute Gasteiger partial charge is 0.460 e. The summed E-state index contributed by atoms with van der Waals surface area (Å²) >= 11 is 0. The van der Waals surface area contributed by atoms with Crippen molar-refractivity contribution in [2.75, 3.05) is 0 Å². The van der Waals surface area contributed by atoms with Gasteiger partial charge in [-0.1, -0.05) is 76.9 Å². The Bertz CT molecular complexity index is 368. The predicted molar refractivity (Wildman–Crippen MR) is 116 cm³/mol. The molecule has 0 aliphatic heterocycles. The average Bonchev–Trinajstić information content (AvgIpc) is 2.56. The van der Waals surface area contributed by atoms with Gasteiger partial charge in [0, 0.05) is 0 Å². The lowest BCUT2D eigenvalue weighted by molar-refractivity contribution is -0.157. The standard InChI is InChI=1S/C24H46O3/c1-5-6-7-8-9-10-11-12-13-14-15-16-17-18-19-20-22(25)21-23(26)27-24(2,3)4/h12-13,22,25H,5-11,14-21H2,1-4H3/b13-12-/t22-/m1/s1. The second kappa shape index (κ2) is 17.3. The molecule has 0 amide bonds. The van der Waals surface area contributed by atoms with E-state index in [2.05, 4.69) is 19.1 Å². The first-order valence-corrected chi connectivity index (χ1v) is 11.4. The van der Waals surface area contributed by atoms with E-state index in [1.165, 1.54) is 70.6 Å². The van der Waals surface area contributed by atoms with Crippen molar-refractivity contribution in [2.45, 2.75) is 136 Å². The van der Waals surface area contributed by atoms with Crippen molar-refractivity contribution in [3.05, 3.63) is 12.2 Å². The first kappa shape index (κ1) is 26.2. The maximum Gasteiger partial charge on any atom is 0.308 e. The molecule has 0 saturated heterocycles. The predicted octanol–water partition coefficient (Wildman–Crippen LogP) is 7.12. The number of hydrogen-bond acceptors (Lipinski definition) is 3. The summed E-state index contributed by atoms with van der Waals surface area (Å²) in [5.74, 6) is -0.303. The van der Waals surface area contributed by atoms with Crippen LogP contribution < -0.4 is 0 Å². The Morgan fingerprint density at radius 1 is 0.852 bits per heavy atom. The van der Waals surface area contributed by atoms with Gasteiger partial charge in [0.1, 0.15) is 5.60 Å². The summed E-state index contributed by atoms with van der Waals surface area (Å²) in [5, 5.41) is 9.91. The zero-order chi connectivity index (χ0) is 20.4. The Kier molecular flexibility index (Phi) is 16.7. The van der Waals surface area contributed by atoms with Crippen LogP contribution >= 0.6 is 0 Å². The number of hydrogen-bond donors (Lipinski definition) is 1. The molecule has 27 heavy (non-hydrogen) atoms. The van der Waals surface area contributed by atoms with Gasteiger partial charge in [0.05, 0.1) is 12.5 Å². The van der Waals surface area contributed by atoms with Crippen LogP contribution in [0.4, 0.5) is 0 Å². The molecular formula is C24H46O3. The van der Waals surface area contributed by atoms with Crippen LogP contribution in [0.1, 0.15) is 124 Å². The zero-order valence-electron chi connectivity index (χ0n) is 18.6. The number of ether oxygens (including phenoxy) is 1. The highest BCUT2D eigenvalue weighted by atomic mass is 16.6. The molecule has 0 fully saturated rings. The van der Waals surface area contributed by atoms with Gasteiger partial charge < -0.3 is 9.84 Å². The Labute approximate surface area is 169 Å². The maximum atomic E-state index is 11.6. The molecule has 1 N–H and O–H groups in total. The highest BCUT2D eigenvalue weighted by Crippen LogP contribution is 2.14. The van der Waals surface area contributed by atoms with Crippen LogP contribution in [0.2, 0.25) is 0 Å². The molecule has 0 aromatic carbocycles. The molecule has 0 unspecified atom stereocenters. The molecular weight excluding hydrogens is 336 g/mol. The van der Waals surface area contributed by atoms with E-state index in [1.807, 2.05) is 20.8 Å². The van der Waals surface area contributed by atoms with Crippen LogP contribution in [-0.2, 0) is 9.53 Å². The minimum Gasteiger partial charge on any atom is -0.460 e. The lowest BCUT2D eigenvalue weighted by Gasteiger charge is -2.20. The van der Waals surface area contributed by atoms with Crippen LogP contribution in [0.25, 0.3) is 0 Å². The molecule has 0 aromatic heterocycles. The summed E-state index contributed by atoms with van der Waals surface area (Å²) in [6, 6.07) is 0. The van der Waals surface area contributed by atoms with Crippen molar-refractivity contribution in [3.8, 4) is 0 Å². The summed E-state index contributed by atoms with van der Waals surface area (Å²) in [7, 11) is 0. The molecule has 0 radical (unpaired) electrons. The molecule has 0 aliphatic rings. The number of aliphatic hydroxyl groups is 1. The zero-order valence-corrected chi connectivity index (χ0v) is 18.6. The topological polar surface area (TPSA) is 46.5 Å². The fourth-order valence-corrected chi connectivity index (χ4v) is 3.13. The van der Waals surface area contributed by atoms with Crippen molar-refractivity contribution in [1.82, 2.24) is 0 Å². The van der Waals surface area contributed by atoms with Crippen molar-refractivity contribution >= 4 is 5.97 Å². The van der Waals surface area contributed by atoms with Crippen LogP contribution in [0, 0.1) is 0 Å². The normalized spacial score (nSPS) is 13.2. The SMILES string of the molecule is CCCCCCCC/C=C\CCCCCCC[C@@H](O)CC(=O)OC(C)(C)C. The van der Waals surface area contributed by atoms with Crippen LogP contribution in [0.3, 0.4) is 0 Å². The second-order valence-electron chi connectivity index (χ2n) is 8.82. The summed E-state index contributed by atoms with van der Waals surface area (Å²) in [5.41, 5.74) is -0.472. The number of allylic oxidation sites excluding steroid dienone is 2. The van der Waals surface area contributed by atoms with Crippen molar-refractivity contribution in [2.24, 2.45) is 0 Å². The number of carbonyl (C=O) groups excluding carboxylic acids is 1. The fourth-order valence-electron chi connectivity index (χ4n) is 3.13. The van der Waals surface area contributed by atoms with Crippen molar-refractivity contribution in [1.29, 1.82) is 0 Å². The highest BCUT2D eigenvalue weighted by Gasteiger charge is 2.18. The molecule has 0 bridgehead atoms. The molecule has 0 aromatic rings. The van der Waals surface area contributed by atoms with E-state index in [-0.39, 0.29) is 12.4 Å². The molecule has 160 valence electrons. The van der Waals surface area contributed by atoms with E-state index in [4.69, 9.17) is 4.74 Å². The van der Waals surface area contributed by atoms with E-state index < -0.39 is 11.7 Å². The molecule has 0 spiro atoms. The molecule has 1 atom stereocenters. The van der Waals surface area contributed by atoms with Gasteiger partial charge in [-0.2, -0.15) is 0 Å². The third-order valence-electron chi connectivity index (χ3n) is 4.62. The first-order chi connectivity index (χ1) is 12.8. The van der Waals surface area contributed by atoms with E-state index >= 15 is 0 Å². The number of rotatable bonds is 17. The van der Waals surface area contributed by atoms with Crippen molar-refractivity contribution < 1.29 is 14.6 Å². The molecule has 0 rings (SSSR count). The second-order valence-corrected chi connectivity index (χ2v) is 8.82. The summed E-state index contributed by atoms with van der Waals surface area (Å²) in [6.45, 7) is 7.81. The summed E-state index contributed by atoms with van der Waals surface area (Å²) in [6.07, 6.45) is 21.4. The van der Waals surface area contributed by atoms with E-state index in [1.54, 1.807) is 0 Å². The number of aliphatic hydroxyl groups excluding tert-OH is 1. The fraction of sp³-hybridized carbons (Fsp3) is 0.875. The maximum absolute atomic E-state index is 11.6. The third-order valence-corrected chi connectivity index (χ3v) is 4.62. The lowest BCUT2D eigenvalue weighted by atomic mass is 10.0. The van der Waals surface area contributed by atoms with Gasteiger partial charge in [-0.3, -0.25) is 4.79 Å². The van der Waals surface area contributed by atoms with E-state index in [0.29, 0.717) is 6.42 Å². The first-order valence-electron chi connectivity index (χ1n) is 11.4. The van der Waals surface area contributed by atoms with Gasteiger partial charge in [0.2, 0.25) is 0 Å². The lowest BCUT2D eigenvalue weighted by Crippen LogP contribution is -2.26. The van der Waals surface area contributed by atoms with E-state index in [0.717, 1.165) is 12.8 Å². The van der Waals surface area contributed by atoms with Gasteiger partial charge in [0.25, 0.3) is 0 Å². The number of esters is 1. The smallest absolute Gasteiger partial charge is 0.308 e. The minimum absolute atomic E-state index is 0.112. The summed E-state index contributed by atoms with van der Waals surface area (Å²) < 4.78 is 5.23. The van der Waals surface area contributed by atoms with Crippen molar-refractivity contribution in [3.63, 3.8) is 0 Å². The van der Waals surface area contributed by atoms with Gasteiger partial charge in [-0.05, 0) is 52.9 Å². The Balaban J connectivity index is 3.37. The number of unbranched alkanes of at least 4 members (excludes halogenated alkanes) is 11. The minimum atomic E-state index is -0.565. The molecule has 0 heterocycles. The van der Waals surface area contributed by atoms with Gasteiger partial charge in [-0.15, -0.1) is 0 Å².